The Hall–Kier alpha value is -1.59. The van der Waals surface area contributed by atoms with E-state index in [0.717, 1.165) is 5.56 Å². The predicted molar refractivity (Wildman–Crippen MR) is 79.7 cm³/mol. The molecule has 0 radical (unpaired) electrons. The minimum atomic E-state index is -0.485. The predicted octanol–water partition coefficient (Wildman–Crippen LogP) is 4.04. The monoisotopic (exact) mass is 311 g/mol. The van der Waals surface area contributed by atoms with Gasteiger partial charge in [-0.15, -0.1) is 11.3 Å². The molecule has 20 heavy (non-hydrogen) atoms. The number of esters is 1. The van der Waals surface area contributed by atoms with Crippen LogP contribution in [-0.4, -0.2) is 24.2 Å². The minimum absolute atomic E-state index is 0.0478. The van der Waals surface area contributed by atoms with E-state index in [0.29, 0.717) is 15.6 Å². The van der Waals surface area contributed by atoms with Gasteiger partial charge in [-0.1, -0.05) is 23.7 Å². The van der Waals surface area contributed by atoms with Gasteiger partial charge in [-0.05, 0) is 26.0 Å². The lowest BCUT2D eigenvalue weighted by Gasteiger charge is -2.12. The van der Waals surface area contributed by atoms with Gasteiger partial charge in [0.1, 0.15) is 10.8 Å². The van der Waals surface area contributed by atoms with Crippen LogP contribution in [-0.2, 0) is 4.74 Å². The summed E-state index contributed by atoms with van der Waals surface area (Å²) in [6.45, 7) is 3.90. The van der Waals surface area contributed by atoms with Gasteiger partial charge in [0.2, 0.25) is 0 Å². The van der Waals surface area contributed by atoms with Crippen LogP contribution in [0.4, 0.5) is 0 Å². The summed E-state index contributed by atoms with van der Waals surface area (Å²) in [5.74, 6) is 0.227. The Bertz CT molecular complexity index is 625. The molecule has 0 fully saturated rings. The largest absolute Gasteiger partial charge is 0.490 e. The fourth-order valence-electron chi connectivity index (χ4n) is 1.64. The summed E-state index contributed by atoms with van der Waals surface area (Å²) < 4.78 is 10.4. The zero-order valence-electron chi connectivity index (χ0n) is 11.3. The summed E-state index contributed by atoms with van der Waals surface area (Å²) in [4.78, 5) is 16.1. The molecule has 0 spiro atoms. The Balaban J connectivity index is 2.44. The summed E-state index contributed by atoms with van der Waals surface area (Å²) >= 11 is 7.17. The van der Waals surface area contributed by atoms with Crippen molar-refractivity contribution in [2.75, 3.05) is 7.11 Å². The third kappa shape index (κ3) is 3.11. The van der Waals surface area contributed by atoms with Crippen molar-refractivity contribution < 1.29 is 14.3 Å². The summed E-state index contributed by atoms with van der Waals surface area (Å²) in [5, 5.41) is 0.780. The highest BCUT2D eigenvalue weighted by atomic mass is 35.5. The van der Waals surface area contributed by atoms with Gasteiger partial charge in [0.05, 0.1) is 18.8 Å². The Morgan fingerprint density at radius 1 is 1.35 bits per heavy atom. The minimum Gasteiger partial charge on any atom is -0.490 e. The van der Waals surface area contributed by atoms with Crippen molar-refractivity contribution in [3.63, 3.8) is 0 Å². The van der Waals surface area contributed by atoms with E-state index in [1.54, 1.807) is 0 Å². The SMILES string of the molecule is COC(=O)c1sc(-c2ccccc2OC(C)C)nc1Cl. The van der Waals surface area contributed by atoms with Crippen LogP contribution in [0.3, 0.4) is 0 Å². The standard InChI is InChI=1S/C14H14ClNO3S/c1-8(2)19-10-7-5-4-6-9(10)13-16-12(15)11(20-13)14(17)18-3/h4-8H,1-3H3. The average molecular weight is 312 g/mol. The first kappa shape index (κ1) is 14.8. The molecule has 106 valence electrons. The number of aromatic nitrogens is 1. The Labute approximate surface area is 126 Å². The van der Waals surface area contributed by atoms with Gasteiger partial charge in [0.25, 0.3) is 0 Å². The Kier molecular flexibility index (Phi) is 4.62. The molecular weight excluding hydrogens is 298 g/mol. The van der Waals surface area contributed by atoms with Crippen LogP contribution in [0.1, 0.15) is 23.5 Å². The van der Waals surface area contributed by atoms with Crippen molar-refractivity contribution in [2.45, 2.75) is 20.0 Å². The zero-order chi connectivity index (χ0) is 14.7. The first-order chi connectivity index (χ1) is 9.52. The van der Waals surface area contributed by atoms with E-state index in [1.165, 1.54) is 18.4 Å². The van der Waals surface area contributed by atoms with Gasteiger partial charge >= 0.3 is 5.97 Å². The number of halogens is 1. The van der Waals surface area contributed by atoms with Crippen molar-refractivity contribution in [3.05, 3.63) is 34.3 Å². The van der Waals surface area contributed by atoms with Crippen LogP contribution in [0.25, 0.3) is 10.6 Å². The van der Waals surface area contributed by atoms with Crippen LogP contribution < -0.4 is 4.74 Å². The van der Waals surface area contributed by atoms with E-state index in [2.05, 4.69) is 9.72 Å². The first-order valence-electron chi connectivity index (χ1n) is 6.03. The van der Waals surface area contributed by atoms with E-state index < -0.39 is 5.97 Å². The molecule has 0 unspecified atom stereocenters. The van der Waals surface area contributed by atoms with Crippen LogP contribution in [0.15, 0.2) is 24.3 Å². The van der Waals surface area contributed by atoms with Crippen molar-refractivity contribution in [1.29, 1.82) is 0 Å². The molecule has 2 aromatic rings. The quantitative estimate of drug-likeness (QED) is 0.800. The molecule has 6 heteroatoms. The number of ether oxygens (including phenoxy) is 2. The number of methoxy groups -OCH3 is 1. The molecule has 0 aliphatic heterocycles. The van der Waals surface area contributed by atoms with Gasteiger partial charge in [0, 0.05) is 0 Å². The number of benzene rings is 1. The van der Waals surface area contributed by atoms with Crippen LogP contribution >= 0.6 is 22.9 Å². The van der Waals surface area contributed by atoms with Crippen LogP contribution in [0.5, 0.6) is 5.75 Å². The molecule has 4 nitrogen and oxygen atoms in total. The number of nitrogens with zero attached hydrogens (tertiary/aromatic N) is 1. The molecule has 1 heterocycles. The number of hydrogen-bond donors (Lipinski definition) is 0. The lowest BCUT2D eigenvalue weighted by Crippen LogP contribution is -2.06. The molecule has 0 saturated carbocycles. The number of thiazole rings is 1. The molecule has 0 bridgehead atoms. The lowest BCUT2D eigenvalue weighted by molar-refractivity contribution is 0.0606. The fraction of sp³-hybridized carbons (Fsp3) is 0.286. The van der Waals surface area contributed by atoms with Gasteiger partial charge in [-0.3, -0.25) is 0 Å². The Morgan fingerprint density at radius 2 is 2.05 bits per heavy atom. The second-order valence-electron chi connectivity index (χ2n) is 4.29. The Morgan fingerprint density at radius 3 is 2.70 bits per heavy atom. The second-order valence-corrected chi connectivity index (χ2v) is 5.65. The number of carbonyl (C=O) groups is 1. The maximum Gasteiger partial charge on any atom is 0.351 e. The van der Waals surface area contributed by atoms with E-state index in [-0.39, 0.29) is 11.3 Å². The maximum atomic E-state index is 11.6. The molecule has 1 aromatic heterocycles. The molecule has 0 amide bonds. The van der Waals surface area contributed by atoms with Crippen LogP contribution in [0, 0.1) is 0 Å². The number of hydrogen-bond acceptors (Lipinski definition) is 5. The fourth-order valence-corrected chi connectivity index (χ4v) is 2.87. The van der Waals surface area contributed by atoms with E-state index >= 15 is 0 Å². The molecule has 0 atom stereocenters. The van der Waals surface area contributed by atoms with Crippen molar-refractivity contribution >= 4 is 28.9 Å². The molecule has 0 aliphatic carbocycles. The molecular formula is C14H14ClNO3S. The first-order valence-corrected chi connectivity index (χ1v) is 7.23. The van der Waals surface area contributed by atoms with Gasteiger partial charge in [-0.2, -0.15) is 0 Å². The van der Waals surface area contributed by atoms with Gasteiger partial charge in [-0.25, -0.2) is 9.78 Å². The maximum absolute atomic E-state index is 11.6. The van der Waals surface area contributed by atoms with Crippen molar-refractivity contribution in [3.8, 4) is 16.3 Å². The third-order valence-electron chi connectivity index (χ3n) is 2.44. The molecule has 1 aromatic carbocycles. The average Bonchev–Trinajstić information content (AvgIpc) is 2.80. The highest BCUT2D eigenvalue weighted by Crippen LogP contribution is 2.36. The van der Waals surface area contributed by atoms with Gasteiger partial charge < -0.3 is 9.47 Å². The number of carbonyl (C=O) groups excluding carboxylic acids is 1. The second kappa shape index (κ2) is 6.24. The highest BCUT2D eigenvalue weighted by molar-refractivity contribution is 7.17. The summed E-state index contributed by atoms with van der Waals surface area (Å²) in [7, 11) is 1.31. The zero-order valence-corrected chi connectivity index (χ0v) is 12.9. The van der Waals surface area contributed by atoms with Crippen LogP contribution in [0.2, 0.25) is 5.15 Å². The normalized spacial score (nSPS) is 10.7. The molecule has 0 N–H and O–H groups in total. The molecule has 2 rings (SSSR count). The number of rotatable bonds is 4. The highest BCUT2D eigenvalue weighted by Gasteiger charge is 2.20. The smallest absolute Gasteiger partial charge is 0.351 e. The van der Waals surface area contributed by atoms with Gasteiger partial charge in [0.15, 0.2) is 10.0 Å². The third-order valence-corrected chi connectivity index (χ3v) is 3.89. The summed E-state index contributed by atoms with van der Waals surface area (Å²) in [6.07, 6.45) is 0.0478. The topological polar surface area (TPSA) is 48.4 Å². The van der Waals surface area contributed by atoms with E-state index in [1.807, 2.05) is 38.1 Å². The van der Waals surface area contributed by atoms with Crippen molar-refractivity contribution in [2.24, 2.45) is 0 Å². The van der Waals surface area contributed by atoms with Crippen molar-refractivity contribution in [1.82, 2.24) is 4.98 Å². The van der Waals surface area contributed by atoms with E-state index in [4.69, 9.17) is 16.3 Å². The summed E-state index contributed by atoms with van der Waals surface area (Å²) in [5.41, 5.74) is 0.809. The van der Waals surface area contributed by atoms with E-state index in [9.17, 15) is 4.79 Å². The lowest BCUT2D eigenvalue weighted by atomic mass is 10.2. The molecule has 0 saturated heterocycles. The number of para-hydroxylation sites is 1. The summed E-state index contributed by atoms with van der Waals surface area (Å²) in [6, 6.07) is 7.52. The molecule has 0 aliphatic rings.